The third-order valence-corrected chi connectivity index (χ3v) is 4.23. The van der Waals surface area contributed by atoms with Crippen molar-refractivity contribution in [1.82, 2.24) is 5.32 Å². The number of benzene rings is 2. The van der Waals surface area contributed by atoms with Gasteiger partial charge in [-0.3, -0.25) is 4.79 Å². The Bertz CT molecular complexity index is 715. The van der Waals surface area contributed by atoms with Crippen LogP contribution in [0.3, 0.4) is 0 Å². The lowest BCUT2D eigenvalue weighted by Gasteiger charge is -2.10. The van der Waals surface area contributed by atoms with Gasteiger partial charge in [0, 0.05) is 13.0 Å². The van der Waals surface area contributed by atoms with Crippen molar-refractivity contribution in [2.24, 2.45) is 0 Å². The molecular formula is C21H27NO4. The van der Waals surface area contributed by atoms with Crippen molar-refractivity contribution in [3.8, 4) is 17.2 Å². The van der Waals surface area contributed by atoms with Crippen molar-refractivity contribution in [2.75, 3.05) is 27.9 Å². The Hall–Kier alpha value is -2.69. The van der Waals surface area contributed by atoms with Crippen molar-refractivity contribution >= 4 is 5.91 Å². The van der Waals surface area contributed by atoms with Crippen LogP contribution in [0.25, 0.3) is 0 Å². The Morgan fingerprint density at radius 2 is 1.62 bits per heavy atom. The largest absolute Gasteiger partial charge is 0.496 e. The van der Waals surface area contributed by atoms with Crippen molar-refractivity contribution in [3.05, 3.63) is 53.6 Å². The van der Waals surface area contributed by atoms with Gasteiger partial charge in [-0.25, -0.2) is 0 Å². The number of ether oxygens (including phenoxy) is 3. The minimum absolute atomic E-state index is 0.0698. The van der Waals surface area contributed by atoms with Crippen LogP contribution in [0.2, 0.25) is 0 Å². The van der Waals surface area contributed by atoms with Gasteiger partial charge in [0.15, 0.2) is 11.5 Å². The highest BCUT2D eigenvalue weighted by Crippen LogP contribution is 2.28. The van der Waals surface area contributed by atoms with Crippen LogP contribution in [-0.2, 0) is 17.6 Å². The first-order valence-electron chi connectivity index (χ1n) is 8.77. The van der Waals surface area contributed by atoms with E-state index in [2.05, 4.69) is 5.32 Å². The molecule has 2 aromatic rings. The molecule has 0 saturated heterocycles. The van der Waals surface area contributed by atoms with Gasteiger partial charge < -0.3 is 19.5 Å². The van der Waals surface area contributed by atoms with Crippen molar-refractivity contribution in [2.45, 2.75) is 25.7 Å². The van der Waals surface area contributed by atoms with E-state index < -0.39 is 0 Å². The molecule has 0 radical (unpaired) electrons. The van der Waals surface area contributed by atoms with Crippen LogP contribution in [0.5, 0.6) is 17.2 Å². The van der Waals surface area contributed by atoms with Crippen LogP contribution in [0.4, 0.5) is 0 Å². The van der Waals surface area contributed by atoms with E-state index in [1.807, 2.05) is 42.5 Å². The summed E-state index contributed by atoms with van der Waals surface area (Å²) in [7, 11) is 4.90. The second kappa shape index (κ2) is 10.3. The van der Waals surface area contributed by atoms with Crippen molar-refractivity contribution in [3.63, 3.8) is 0 Å². The minimum Gasteiger partial charge on any atom is -0.496 e. The molecule has 0 aliphatic heterocycles. The lowest BCUT2D eigenvalue weighted by Crippen LogP contribution is -2.25. The van der Waals surface area contributed by atoms with Crippen LogP contribution in [0.15, 0.2) is 42.5 Å². The molecule has 5 nitrogen and oxygen atoms in total. The van der Waals surface area contributed by atoms with E-state index in [-0.39, 0.29) is 5.91 Å². The highest BCUT2D eigenvalue weighted by Gasteiger charge is 2.07. The van der Waals surface area contributed by atoms with E-state index >= 15 is 0 Å². The first-order valence-corrected chi connectivity index (χ1v) is 8.77. The Morgan fingerprint density at radius 1 is 0.885 bits per heavy atom. The molecule has 1 amide bonds. The molecule has 0 aliphatic carbocycles. The summed E-state index contributed by atoms with van der Waals surface area (Å²) in [5.74, 6) is 2.35. The van der Waals surface area contributed by atoms with Gasteiger partial charge in [0.1, 0.15) is 5.75 Å². The molecule has 1 N–H and O–H groups in total. The standard InChI is InChI=1S/C21H27NO4/c1-24-18-9-5-4-8-17(18)13-14-22-21(23)10-6-7-16-11-12-19(25-2)20(15-16)26-3/h4-5,8-9,11-12,15H,6-7,10,13-14H2,1-3H3,(H,22,23). The average molecular weight is 357 g/mol. The predicted octanol–water partition coefficient (Wildman–Crippen LogP) is 3.39. The topological polar surface area (TPSA) is 56.8 Å². The summed E-state index contributed by atoms with van der Waals surface area (Å²) in [5, 5.41) is 2.97. The summed E-state index contributed by atoms with van der Waals surface area (Å²) in [5.41, 5.74) is 2.23. The van der Waals surface area contributed by atoms with Crippen LogP contribution >= 0.6 is 0 Å². The van der Waals surface area contributed by atoms with E-state index in [0.717, 1.165) is 36.1 Å². The highest BCUT2D eigenvalue weighted by molar-refractivity contribution is 5.75. The number of rotatable bonds is 10. The maximum atomic E-state index is 12.0. The zero-order valence-electron chi connectivity index (χ0n) is 15.7. The van der Waals surface area contributed by atoms with E-state index in [1.165, 1.54) is 0 Å². The number of amides is 1. The van der Waals surface area contributed by atoms with Crippen LogP contribution in [0, 0.1) is 0 Å². The van der Waals surface area contributed by atoms with Gasteiger partial charge in [0.2, 0.25) is 5.91 Å². The predicted molar refractivity (Wildman–Crippen MR) is 102 cm³/mol. The second-order valence-electron chi connectivity index (χ2n) is 5.95. The summed E-state index contributed by atoms with van der Waals surface area (Å²) in [6.45, 7) is 0.607. The third-order valence-electron chi connectivity index (χ3n) is 4.23. The fourth-order valence-electron chi connectivity index (χ4n) is 2.82. The molecule has 2 aromatic carbocycles. The Kier molecular flexibility index (Phi) is 7.80. The maximum absolute atomic E-state index is 12.0. The summed E-state index contributed by atoms with van der Waals surface area (Å²) in [6, 6.07) is 13.7. The second-order valence-corrected chi connectivity index (χ2v) is 5.95. The molecule has 26 heavy (non-hydrogen) atoms. The van der Waals surface area contributed by atoms with Crippen molar-refractivity contribution in [1.29, 1.82) is 0 Å². The number of aryl methyl sites for hydroxylation is 1. The number of carbonyl (C=O) groups is 1. The molecule has 140 valence electrons. The summed E-state index contributed by atoms with van der Waals surface area (Å²) >= 11 is 0. The molecular weight excluding hydrogens is 330 g/mol. The van der Waals surface area contributed by atoms with Gasteiger partial charge in [0.05, 0.1) is 21.3 Å². The van der Waals surface area contributed by atoms with Gasteiger partial charge in [-0.1, -0.05) is 24.3 Å². The SMILES string of the molecule is COc1ccccc1CCNC(=O)CCCc1ccc(OC)c(OC)c1. The van der Waals surface area contributed by atoms with Crippen molar-refractivity contribution < 1.29 is 19.0 Å². The van der Waals surface area contributed by atoms with E-state index in [9.17, 15) is 4.79 Å². The highest BCUT2D eigenvalue weighted by atomic mass is 16.5. The maximum Gasteiger partial charge on any atom is 0.220 e. The van der Waals surface area contributed by atoms with Gasteiger partial charge >= 0.3 is 0 Å². The van der Waals surface area contributed by atoms with Gasteiger partial charge in [-0.2, -0.15) is 0 Å². The van der Waals surface area contributed by atoms with Crippen LogP contribution in [0.1, 0.15) is 24.0 Å². The van der Waals surface area contributed by atoms with Crippen LogP contribution < -0.4 is 19.5 Å². The van der Waals surface area contributed by atoms with Crippen LogP contribution in [-0.4, -0.2) is 33.8 Å². The Labute approximate surface area is 155 Å². The number of para-hydroxylation sites is 1. The molecule has 0 atom stereocenters. The molecule has 0 unspecified atom stereocenters. The number of hydrogen-bond donors (Lipinski definition) is 1. The monoisotopic (exact) mass is 357 g/mol. The van der Waals surface area contributed by atoms with Gasteiger partial charge in [0.25, 0.3) is 0 Å². The zero-order valence-corrected chi connectivity index (χ0v) is 15.7. The Morgan fingerprint density at radius 3 is 2.35 bits per heavy atom. The minimum atomic E-state index is 0.0698. The van der Waals surface area contributed by atoms with Gasteiger partial charge in [-0.05, 0) is 48.6 Å². The molecule has 0 spiro atoms. The fraction of sp³-hybridized carbons (Fsp3) is 0.381. The smallest absolute Gasteiger partial charge is 0.220 e. The first kappa shape index (κ1) is 19.6. The summed E-state index contributed by atoms with van der Waals surface area (Å²) in [4.78, 5) is 12.0. The lowest BCUT2D eigenvalue weighted by molar-refractivity contribution is -0.121. The van der Waals surface area contributed by atoms with E-state index in [1.54, 1.807) is 21.3 Å². The summed E-state index contributed by atoms with van der Waals surface area (Å²) in [6.07, 6.45) is 2.86. The fourth-order valence-corrected chi connectivity index (χ4v) is 2.82. The number of hydrogen-bond acceptors (Lipinski definition) is 4. The lowest BCUT2D eigenvalue weighted by atomic mass is 10.1. The molecule has 0 saturated carbocycles. The molecule has 0 fully saturated rings. The zero-order chi connectivity index (χ0) is 18.8. The molecule has 0 heterocycles. The number of nitrogens with one attached hydrogen (secondary N) is 1. The molecule has 5 heteroatoms. The summed E-state index contributed by atoms with van der Waals surface area (Å²) < 4.78 is 15.9. The molecule has 0 bridgehead atoms. The van der Waals surface area contributed by atoms with E-state index in [0.29, 0.717) is 24.5 Å². The normalized spacial score (nSPS) is 10.3. The first-order chi connectivity index (χ1) is 12.7. The quantitative estimate of drug-likeness (QED) is 0.708. The Balaban J connectivity index is 1.72. The molecule has 0 aromatic heterocycles. The molecule has 0 aliphatic rings. The van der Waals surface area contributed by atoms with Gasteiger partial charge in [-0.15, -0.1) is 0 Å². The molecule has 2 rings (SSSR count). The number of carbonyl (C=O) groups excluding carboxylic acids is 1. The third kappa shape index (κ3) is 5.69. The number of methoxy groups -OCH3 is 3. The van der Waals surface area contributed by atoms with E-state index in [4.69, 9.17) is 14.2 Å². The average Bonchev–Trinajstić information content (AvgIpc) is 2.68.